The summed E-state index contributed by atoms with van der Waals surface area (Å²) in [5.41, 5.74) is 3.10. The van der Waals surface area contributed by atoms with E-state index in [1.54, 1.807) is 42.7 Å². The Balaban J connectivity index is 1.45. The van der Waals surface area contributed by atoms with E-state index in [9.17, 15) is 19.3 Å². The molecule has 0 spiro atoms. The highest BCUT2D eigenvalue weighted by Crippen LogP contribution is 2.39. The van der Waals surface area contributed by atoms with Crippen LogP contribution in [0.3, 0.4) is 0 Å². The van der Waals surface area contributed by atoms with Crippen LogP contribution in [-0.4, -0.2) is 41.5 Å². The van der Waals surface area contributed by atoms with Crippen molar-refractivity contribution < 1.29 is 14.1 Å². The largest absolute Gasteiger partial charge is 0.365 e. The number of pyridine rings is 1. The molecule has 9 heteroatoms. The summed E-state index contributed by atoms with van der Waals surface area (Å²) in [7, 11) is 0. The summed E-state index contributed by atoms with van der Waals surface area (Å²) in [6.45, 7) is 1.98. The van der Waals surface area contributed by atoms with Crippen molar-refractivity contribution >= 4 is 23.0 Å². The monoisotopic (exact) mass is 461 g/mol. The molecule has 3 aromatic rings. The first-order valence-electron chi connectivity index (χ1n) is 11.2. The number of hydrogen-bond donors (Lipinski definition) is 1. The van der Waals surface area contributed by atoms with Gasteiger partial charge in [-0.25, -0.2) is 4.39 Å². The van der Waals surface area contributed by atoms with Gasteiger partial charge in [0.05, 0.1) is 22.6 Å². The van der Waals surface area contributed by atoms with E-state index in [1.807, 2.05) is 17.0 Å². The molecule has 34 heavy (non-hydrogen) atoms. The molecule has 2 unspecified atom stereocenters. The number of nitro benzene ring substituents is 1. The van der Waals surface area contributed by atoms with E-state index in [4.69, 9.17) is 0 Å². The summed E-state index contributed by atoms with van der Waals surface area (Å²) in [6, 6.07) is 15.0. The summed E-state index contributed by atoms with van der Waals surface area (Å²) in [4.78, 5) is 32.5. The number of amides is 1. The molecule has 2 aromatic carbocycles. The molecule has 1 amide bonds. The van der Waals surface area contributed by atoms with Gasteiger partial charge < -0.3 is 15.1 Å². The van der Waals surface area contributed by atoms with Gasteiger partial charge in [-0.1, -0.05) is 18.2 Å². The minimum absolute atomic E-state index is 0.0108. The third kappa shape index (κ3) is 4.16. The van der Waals surface area contributed by atoms with Crippen molar-refractivity contribution in [1.82, 2.24) is 10.3 Å². The van der Waals surface area contributed by atoms with Crippen molar-refractivity contribution in [3.63, 3.8) is 0 Å². The Morgan fingerprint density at radius 2 is 2.00 bits per heavy atom. The Labute approximate surface area is 196 Å². The van der Waals surface area contributed by atoms with Crippen molar-refractivity contribution in [2.24, 2.45) is 5.92 Å². The van der Waals surface area contributed by atoms with Gasteiger partial charge in [-0.2, -0.15) is 0 Å². The number of carbonyl (C=O) groups is 1. The first-order valence-corrected chi connectivity index (χ1v) is 11.2. The van der Waals surface area contributed by atoms with E-state index in [0.717, 1.165) is 16.8 Å². The molecule has 1 aromatic heterocycles. The fourth-order valence-corrected chi connectivity index (χ4v) is 4.97. The Kier molecular flexibility index (Phi) is 5.83. The molecule has 3 heterocycles. The number of halogens is 1. The molecule has 1 fully saturated rings. The number of rotatable bonds is 5. The van der Waals surface area contributed by atoms with E-state index in [-0.39, 0.29) is 23.5 Å². The molecule has 174 valence electrons. The molecular weight excluding hydrogens is 437 g/mol. The fraction of sp³-hybridized carbons (Fsp3) is 0.280. The Morgan fingerprint density at radius 1 is 1.15 bits per heavy atom. The summed E-state index contributed by atoms with van der Waals surface area (Å²) in [5, 5.41) is 14.3. The van der Waals surface area contributed by atoms with Gasteiger partial charge in [0.15, 0.2) is 0 Å². The molecular formula is C25H24FN5O3. The number of aromatic nitrogens is 1. The summed E-state index contributed by atoms with van der Waals surface area (Å²) < 4.78 is 14.5. The quantitative estimate of drug-likeness (QED) is 0.463. The van der Waals surface area contributed by atoms with Crippen LogP contribution in [0.2, 0.25) is 0 Å². The van der Waals surface area contributed by atoms with Crippen molar-refractivity contribution in [2.45, 2.75) is 19.0 Å². The van der Waals surface area contributed by atoms with Crippen molar-refractivity contribution in [3.8, 4) is 0 Å². The number of piperazine rings is 1. The normalized spacial score (nSPS) is 19.2. The van der Waals surface area contributed by atoms with Crippen LogP contribution in [0.15, 0.2) is 67.0 Å². The predicted molar refractivity (Wildman–Crippen MR) is 126 cm³/mol. The first kappa shape index (κ1) is 21.8. The maximum atomic E-state index is 14.5. The van der Waals surface area contributed by atoms with E-state index >= 15 is 0 Å². The van der Waals surface area contributed by atoms with Crippen molar-refractivity contribution in [1.29, 1.82) is 0 Å². The lowest BCUT2D eigenvalue weighted by Gasteiger charge is -2.49. The van der Waals surface area contributed by atoms with Crippen LogP contribution in [0.5, 0.6) is 0 Å². The minimum atomic E-state index is -0.444. The van der Waals surface area contributed by atoms with Gasteiger partial charge in [-0.3, -0.25) is 19.9 Å². The van der Waals surface area contributed by atoms with Crippen LogP contribution in [0.4, 0.5) is 21.5 Å². The van der Waals surface area contributed by atoms with Gasteiger partial charge in [0.1, 0.15) is 5.82 Å². The zero-order valence-electron chi connectivity index (χ0n) is 18.4. The summed E-state index contributed by atoms with van der Waals surface area (Å²) >= 11 is 0. The highest BCUT2D eigenvalue weighted by Gasteiger charge is 2.42. The molecule has 8 nitrogen and oxygen atoms in total. The second-order valence-electron chi connectivity index (χ2n) is 8.62. The number of nitro groups is 1. The van der Waals surface area contributed by atoms with Gasteiger partial charge in [-0.05, 0) is 41.8 Å². The smallest absolute Gasteiger partial charge is 0.269 e. The lowest BCUT2D eigenvalue weighted by molar-refractivity contribution is -0.384. The van der Waals surface area contributed by atoms with Crippen LogP contribution >= 0.6 is 0 Å². The average molecular weight is 461 g/mol. The number of hydrogen-bond acceptors (Lipinski definition) is 6. The molecule has 2 aliphatic rings. The van der Waals surface area contributed by atoms with Gasteiger partial charge in [0.2, 0.25) is 5.91 Å². The Hall–Kier alpha value is -4.01. The topological polar surface area (TPSA) is 91.6 Å². The highest BCUT2D eigenvalue weighted by molar-refractivity contribution is 5.82. The summed E-state index contributed by atoms with van der Waals surface area (Å²) in [5.74, 6) is -0.868. The highest BCUT2D eigenvalue weighted by atomic mass is 19.1. The molecule has 0 saturated carbocycles. The van der Waals surface area contributed by atoms with Gasteiger partial charge >= 0.3 is 0 Å². The molecule has 1 N–H and O–H groups in total. The second kappa shape index (κ2) is 9.09. The summed E-state index contributed by atoms with van der Waals surface area (Å²) in [6.07, 6.45) is 3.75. The fourth-order valence-electron chi connectivity index (χ4n) is 4.97. The van der Waals surface area contributed by atoms with Gasteiger partial charge in [-0.15, -0.1) is 0 Å². The van der Waals surface area contributed by atoms with Crippen LogP contribution < -0.4 is 15.1 Å². The first-order chi connectivity index (χ1) is 16.5. The second-order valence-corrected chi connectivity index (χ2v) is 8.62. The van der Waals surface area contributed by atoms with Gasteiger partial charge in [0, 0.05) is 56.4 Å². The number of carbonyl (C=O) groups excluding carboxylic acids is 1. The maximum absolute atomic E-state index is 14.5. The van der Waals surface area contributed by atoms with Crippen LogP contribution in [0, 0.1) is 21.8 Å². The predicted octanol–water partition coefficient (Wildman–Crippen LogP) is 3.31. The number of benzene rings is 2. The van der Waals surface area contributed by atoms with Crippen LogP contribution in [-0.2, 0) is 17.8 Å². The molecule has 1 saturated heterocycles. The van der Waals surface area contributed by atoms with Crippen molar-refractivity contribution in [3.05, 3.63) is 94.0 Å². The zero-order chi connectivity index (χ0) is 23.7. The minimum Gasteiger partial charge on any atom is -0.365 e. The van der Waals surface area contributed by atoms with Crippen molar-refractivity contribution in [2.75, 3.05) is 29.4 Å². The number of para-hydroxylation sites is 1. The van der Waals surface area contributed by atoms with E-state index in [1.165, 1.54) is 12.1 Å². The molecule has 5 rings (SSSR count). The van der Waals surface area contributed by atoms with Crippen LogP contribution in [0.1, 0.15) is 11.1 Å². The molecule has 2 atom stereocenters. The van der Waals surface area contributed by atoms with E-state index in [2.05, 4.69) is 15.2 Å². The van der Waals surface area contributed by atoms with E-state index < -0.39 is 10.8 Å². The van der Waals surface area contributed by atoms with Crippen LogP contribution in [0.25, 0.3) is 0 Å². The number of non-ortho nitro benzene ring substituents is 1. The third-order valence-corrected chi connectivity index (χ3v) is 6.63. The third-order valence-electron chi connectivity index (χ3n) is 6.63. The Bertz CT molecular complexity index is 1220. The Morgan fingerprint density at radius 3 is 2.76 bits per heavy atom. The molecule has 0 aliphatic carbocycles. The van der Waals surface area contributed by atoms with Gasteiger partial charge in [0.25, 0.3) is 5.69 Å². The number of anilines is 2. The average Bonchev–Trinajstić information content (AvgIpc) is 2.87. The molecule has 2 aliphatic heterocycles. The van der Waals surface area contributed by atoms with E-state index in [0.29, 0.717) is 38.3 Å². The lowest BCUT2D eigenvalue weighted by Crippen LogP contribution is -2.61. The standard InChI is InChI=1S/C25H24FN5O3/c26-21-5-1-2-6-23(21)29-10-11-30-22-8-7-19(31(33)34)12-18(22)13-20(24(30)16-29)25(32)28-15-17-4-3-9-27-14-17/h1-9,12,14,20,24H,10-11,13,15-16H2,(H,28,32). The lowest BCUT2D eigenvalue weighted by atomic mass is 9.83. The number of nitrogens with one attached hydrogen (secondary N) is 1. The number of fused-ring (bicyclic) bond motifs is 3. The SMILES string of the molecule is O=C(NCc1cccnc1)C1Cc2cc([N+](=O)[O-])ccc2N2CCN(c3ccccc3F)CC12. The molecule has 0 bridgehead atoms. The zero-order valence-corrected chi connectivity index (χ0v) is 18.4. The number of nitrogens with zero attached hydrogens (tertiary/aromatic N) is 4. The maximum Gasteiger partial charge on any atom is 0.269 e. The molecule has 0 radical (unpaired) electrons.